The summed E-state index contributed by atoms with van der Waals surface area (Å²) >= 11 is 0. The molecular formula is C15H20N2O2. The van der Waals surface area contributed by atoms with E-state index in [-0.39, 0.29) is 0 Å². The minimum Gasteiger partial charge on any atom is -0.442 e. The Morgan fingerprint density at radius 3 is 2.63 bits per heavy atom. The van der Waals surface area contributed by atoms with Crippen molar-refractivity contribution in [1.82, 2.24) is 9.78 Å². The number of nitrogens with zero attached hydrogens (tertiary/aromatic N) is 2. The molecule has 0 spiro atoms. The summed E-state index contributed by atoms with van der Waals surface area (Å²) in [6, 6.07) is 6.01. The van der Waals surface area contributed by atoms with Crippen molar-refractivity contribution >= 4 is 17.0 Å². The molecule has 1 aromatic heterocycles. The molecule has 0 radical (unpaired) electrons. The molecule has 0 aliphatic heterocycles. The van der Waals surface area contributed by atoms with Gasteiger partial charge in [0.1, 0.15) is 5.60 Å². The van der Waals surface area contributed by atoms with Crippen LogP contribution < -0.4 is 0 Å². The van der Waals surface area contributed by atoms with Crippen LogP contribution in [0.5, 0.6) is 0 Å². The fraction of sp³-hybridized carbons (Fsp3) is 0.467. The van der Waals surface area contributed by atoms with Gasteiger partial charge >= 0.3 is 6.09 Å². The van der Waals surface area contributed by atoms with Crippen molar-refractivity contribution < 1.29 is 9.53 Å². The monoisotopic (exact) mass is 260 g/mol. The van der Waals surface area contributed by atoms with Crippen molar-refractivity contribution in [2.75, 3.05) is 0 Å². The summed E-state index contributed by atoms with van der Waals surface area (Å²) in [7, 11) is 0. The third-order valence-corrected chi connectivity index (χ3v) is 2.81. The molecule has 0 saturated carbocycles. The maximum absolute atomic E-state index is 12.2. The highest BCUT2D eigenvalue weighted by Crippen LogP contribution is 2.21. The standard InChI is InChI=1S/C15H20N2O2/c1-6-12-11-8-7-10(2)9-13(11)17(16-12)14(18)19-15(3,4)5/h7-9H,6H2,1-5H3. The molecule has 4 nitrogen and oxygen atoms in total. The zero-order valence-electron chi connectivity index (χ0n) is 12.2. The second-order valence-electron chi connectivity index (χ2n) is 5.71. The van der Waals surface area contributed by atoms with E-state index >= 15 is 0 Å². The minimum absolute atomic E-state index is 0.428. The first-order valence-corrected chi connectivity index (χ1v) is 6.53. The third kappa shape index (κ3) is 2.78. The average Bonchev–Trinajstić information content (AvgIpc) is 2.64. The lowest BCUT2D eigenvalue weighted by Crippen LogP contribution is -2.27. The van der Waals surface area contributed by atoms with Gasteiger partial charge in [-0.15, -0.1) is 0 Å². The Balaban J connectivity index is 2.54. The van der Waals surface area contributed by atoms with Crippen LogP contribution in [0.3, 0.4) is 0 Å². The number of aryl methyl sites for hydroxylation is 2. The highest BCUT2D eigenvalue weighted by molar-refractivity contribution is 5.90. The number of carbonyl (C=O) groups is 1. The topological polar surface area (TPSA) is 44.1 Å². The second-order valence-corrected chi connectivity index (χ2v) is 5.71. The second kappa shape index (κ2) is 4.68. The molecule has 0 amide bonds. The van der Waals surface area contributed by atoms with Crippen LogP contribution >= 0.6 is 0 Å². The molecule has 1 heterocycles. The maximum atomic E-state index is 12.2. The van der Waals surface area contributed by atoms with Gasteiger partial charge in [0, 0.05) is 5.39 Å². The molecule has 1 aromatic carbocycles. The van der Waals surface area contributed by atoms with Gasteiger partial charge < -0.3 is 4.74 Å². The van der Waals surface area contributed by atoms with Crippen LogP contribution in [0.25, 0.3) is 10.9 Å². The summed E-state index contributed by atoms with van der Waals surface area (Å²) in [6.45, 7) is 9.58. The largest absolute Gasteiger partial charge is 0.442 e. The summed E-state index contributed by atoms with van der Waals surface area (Å²) in [6.07, 6.45) is 0.359. The van der Waals surface area contributed by atoms with Gasteiger partial charge in [0.15, 0.2) is 0 Å². The Bertz CT molecular complexity index is 621. The first kappa shape index (κ1) is 13.6. The van der Waals surface area contributed by atoms with E-state index in [1.54, 1.807) is 0 Å². The van der Waals surface area contributed by atoms with Gasteiger partial charge in [0.05, 0.1) is 11.2 Å². The number of rotatable bonds is 1. The van der Waals surface area contributed by atoms with E-state index in [0.717, 1.165) is 28.6 Å². The molecule has 2 aromatic rings. The molecule has 0 atom stereocenters. The highest BCUT2D eigenvalue weighted by atomic mass is 16.6. The van der Waals surface area contributed by atoms with Crippen molar-refractivity contribution in [2.45, 2.75) is 46.6 Å². The quantitative estimate of drug-likeness (QED) is 0.785. The molecule has 0 unspecified atom stereocenters. The number of hydrogen-bond donors (Lipinski definition) is 0. The number of benzene rings is 1. The Hall–Kier alpha value is -1.84. The van der Waals surface area contributed by atoms with E-state index in [1.807, 2.05) is 52.8 Å². The number of fused-ring (bicyclic) bond motifs is 1. The summed E-state index contributed by atoms with van der Waals surface area (Å²) < 4.78 is 6.76. The lowest BCUT2D eigenvalue weighted by molar-refractivity contribution is 0.0522. The van der Waals surface area contributed by atoms with Crippen LogP contribution in [0, 0.1) is 6.92 Å². The summed E-state index contributed by atoms with van der Waals surface area (Å²) in [5, 5.41) is 5.39. The minimum atomic E-state index is -0.522. The van der Waals surface area contributed by atoms with E-state index < -0.39 is 11.7 Å². The van der Waals surface area contributed by atoms with E-state index in [0.29, 0.717) is 0 Å². The molecule has 19 heavy (non-hydrogen) atoms. The molecule has 0 bridgehead atoms. The number of aromatic nitrogens is 2. The number of carbonyl (C=O) groups excluding carboxylic acids is 1. The lowest BCUT2D eigenvalue weighted by atomic mass is 10.1. The van der Waals surface area contributed by atoms with E-state index in [9.17, 15) is 4.79 Å². The van der Waals surface area contributed by atoms with E-state index in [1.165, 1.54) is 4.68 Å². The predicted molar refractivity (Wildman–Crippen MR) is 75.5 cm³/mol. The number of ether oxygens (including phenoxy) is 1. The molecule has 2 rings (SSSR count). The number of hydrogen-bond acceptors (Lipinski definition) is 3. The van der Waals surface area contributed by atoms with E-state index in [2.05, 4.69) is 5.10 Å². The molecule has 0 aliphatic carbocycles. The van der Waals surface area contributed by atoms with E-state index in [4.69, 9.17) is 4.74 Å². The molecular weight excluding hydrogens is 240 g/mol. The molecule has 0 aliphatic rings. The summed E-state index contributed by atoms with van der Waals surface area (Å²) in [5.41, 5.74) is 2.30. The van der Waals surface area contributed by atoms with Crippen molar-refractivity contribution in [2.24, 2.45) is 0 Å². The van der Waals surface area contributed by atoms with Crippen LogP contribution in [0.1, 0.15) is 39.0 Å². The van der Waals surface area contributed by atoms with Crippen molar-refractivity contribution in [1.29, 1.82) is 0 Å². The first-order chi connectivity index (χ1) is 8.81. The smallest absolute Gasteiger partial charge is 0.435 e. The SMILES string of the molecule is CCc1nn(C(=O)OC(C)(C)C)c2cc(C)ccc12. The average molecular weight is 260 g/mol. The van der Waals surface area contributed by atoms with Crippen LogP contribution in [0.15, 0.2) is 18.2 Å². The van der Waals surface area contributed by atoms with Crippen LogP contribution in [-0.4, -0.2) is 21.5 Å². The zero-order chi connectivity index (χ0) is 14.2. The lowest BCUT2D eigenvalue weighted by Gasteiger charge is -2.19. The Labute approximate surface area is 113 Å². The van der Waals surface area contributed by atoms with Crippen molar-refractivity contribution in [3.63, 3.8) is 0 Å². The maximum Gasteiger partial charge on any atom is 0.435 e. The van der Waals surface area contributed by atoms with Gasteiger partial charge in [0.25, 0.3) is 0 Å². The first-order valence-electron chi connectivity index (χ1n) is 6.53. The van der Waals surface area contributed by atoms with Gasteiger partial charge in [-0.25, -0.2) is 4.79 Å². The van der Waals surface area contributed by atoms with Gasteiger partial charge in [-0.05, 0) is 45.7 Å². The molecule has 0 saturated heterocycles. The van der Waals surface area contributed by atoms with Gasteiger partial charge in [0.2, 0.25) is 0 Å². The molecule has 4 heteroatoms. The Morgan fingerprint density at radius 1 is 1.37 bits per heavy atom. The fourth-order valence-electron chi connectivity index (χ4n) is 1.99. The fourth-order valence-corrected chi connectivity index (χ4v) is 1.99. The van der Waals surface area contributed by atoms with Gasteiger partial charge in [-0.3, -0.25) is 0 Å². The predicted octanol–water partition coefficient (Wildman–Crippen LogP) is 3.69. The van der Waals surface area contributed by atoms with Gasteiger partial charge in [-0.1, -0.05) is 19.1 Å². The summed E-state index contributed by atoms with van der Waals surface area (Å²) in [5.74, 6) is 0. The highest BCUT2D eigenvalue weighted by Gasteiger charge is 2.21. The summed E-state index contributed by atoms with van der Waals surface area (Å²) in [4.78, 5) is 12.2. The van der Waals surface area contributed by atoms with Crippen molar-refractivity contribution in [3.05, 3.63) is 29.5 Å². The van der Waals surface area contributed by atoms with Crippen LogP contribution in [0.2, 0.25) is 0 Å². The molecule has 0 fully saturated rings. The van der Waals surface area contributed by atoms with Crippen LogP contribution in [-0.2, 0) is 11.2 Å². The van der Waals surface area contributed by atoms with Gasteiger partial charge in [-0.2, -0.15) is 9.78 Å². The Morgan fingerprint density at radius 2 is 2.05 bits per heavy atom. The molecule has 102 valence electrons. The normalized spacial score (nSPS) is 11.8. The molecule has 0 N–H and O–H groups in total. The van der Waals surface area contributed by atoms with Crippen LogP contribution in [0.4, 0.5) is 4.79 Å². The third-order valence-electron chi connectivity index (χ3n) is 2.81. The zero-order valence-corrected chi connectivity index (χ0v) is 12.2. The van der Waals surface area contributed by atoms with Crippen molar-refractivity contribution in [3.8, 4) is 0 Å². The Kier molecular flexibility index (Phi) is 3.35.